The molecule has 1 aromatic rings. The van der Waals surface area contributed by atoms with Crippen LogP contribution in [-0.4, -0.2) is 50.2 Å². The molecule has 166 valence electrons. The van der Waals surface area contributed by atoms with Crippen molar-refractivity contribution in [2.75, 3.05) is 33.9 Å². The van der Waals surface area contributed by atoms with Gasteiger partial charge in [-0.1, -0.05) is 25.7 Å². The molecule has 0 aromatic heterocycles. The Balaban J connectivity index is 1.34. The molecule has 1 heterocycles. The molecule has 1 atom stereocenters. The fourth-order valence-corrected chi connectivity index (χ4v) is 5.76. The molecule has 4 rings (SSSR count). The standard InChI is InChI=1S/C25H36FNO3/c1-29-22-14-19-13-20(24(28)21(19)15-23(22)30-2)16-25(26)9-11-27(12-10-25)17-18-7-5-3-4-6-8-18/h14-15,18,20H,3-13,16-17H2,1-2H3. The summed E-state index contributed by atoms with van der Waals surface area (Å²) in [6.45, 7) is 2.77. The summed E-state index contributed by atoms with van der Waals surface area (Å²) in [5.74, 6) is 1.77. The van der Waals surface area contributed by atoms with Gasteiger partial charge in [0.15, 0.2) is 17.3 Å². The van der Waals surface area contributed by atoms with Gasteiger partial charge in [-0.15, -0.1) is 0 Å². The predicted molar refractivity (Wildman–Crippen MR) is 116 cm³/mol. The first-order chi connectivity index (χ1) is 14.5. The first-order valence-corrected chi connectivity index (χ1v) is 11.7. The molecule has 1 saturated carbocycles. The highest BCUT2D eigenvalue weighted by atomic mass is 19.1. The van der Waals surface area contributed by atoms with Gasteiger partial charge in [-0.2, -0.15) is 0 Å². The van der Waals surface area contributed by atoms with Gasteiger partial charge in [0.25, 0.3) is 0 Å². The first kappa shape index (κ1) is 21.6. The number of fused-ring (bicyclic) bond motifs is 1. The highest BCUT2D eigenvalue weighted by Crippen LogP contribution is 2.42. The summed E-state index contributed by atoms with van der Waals surface area (Å²) in [5.41, 5.74) is 0.403. The Labute approximate surface area is 180 Å². The van der Waals surface area contributed by atoms with Crippen molar-refractivity contribution in [2.45, 2.75) is 69.9 Å². The van der Waals surface area contributed by atoms with Crippen LogP contribution in [0.4, 0.5) is 4.39 Å². The molecule has 0 N–H and O–H groups in total. The number of nitrogens with zero attached hydrogens (tertiary/aromatic N) is 1. The molecule has 2 fully saturated rings. The number of halogens is 1. The molecule has 0 bridgehead atoms. The van der Waals surface area contributed by atoms with Gasteiger partial charge >= 0.3 is 0 Å². The minimum atomic E-state index is -1.23. The Bertz CT molecular complexity index is 749. The number of likely N-dealkylation sites (tertiary alicyclic amines) is 1. The van der Waals surface area contributed by atoms with Crippen molar-refractivity contribution in [3.05, 3.63) is 23.3 Å². The molecule has 5 heteroatoms. The number of ether oxygens (including phenoxy) is 2. The predicted octanol–water partition coefficient (Wildman–Crippen LogP) is 5.22. The van der Waals surface area contributed by atoms with Gasteiger partial charge in [0.05, 0.1) is 14.2 Å². The van der Waals surface area contributed by atoms with Crippen molar-refractivity contribution in [1.29, 1.82) is 0 Å². The van der Waals surface area contributed by atoms with E-state index in [1.807, 2.05) is 6.07 Å². The molecule has 1 saturated heterocycles. The zero-order valence-corrected chi connectivity index (χ0v) is 18.6. The zero-order chi connectivity index (χ0) is 21.1. The Kier molecular flexibility index (Phi) is 6.66. The van der Waals surface area contributed by atoms with Crippen LogP contribution in [0.3, 0.4) is 0 Å². The van der Waals surface area contributed by atoms with Crippen LogP contribution in [0.1, 0.15) is 73.7 Å². The SMILES string of the molecule is COc1cc2c(cc1OC)C(=O)C(CC1(F)CCN(CC3CCCCCC3)CC1)C2. The summed E-state index contributed by atoms with van der Waals surface area (Å²) >= 11 is 0. The minimum Gasteiger partial charge on any atom is -0.493 e. The smallest absolute Gasteiger partial charge is 0.166 e. The average Bonchev–Trinajstić information content (AvgIpc) is 2.91. The summed E-state index contributed by atoms with van der Waals surface area (Å²) in [4.78, 5) is 15.4. The number of rotatable bonds is 6. The van der Waals surface area contributed by atoms with E-state index in [0.717, 1.165) is 31.1 Å². The molecule has 1 aliphatic heterocycles. The summed E-state index contributed by atoms with van der Waals surface area (Å²) in [7, 11) is 3.17. The second-order valence-electron chi connectivity index (χ2n) is 9.64. The van der Waals surface area contributed by atoms with Crippen molar-refractivity contribution in [3.8, 4) is 11.5 Å². The van der Waals surface area contributed by atoms with Crippen LogP contribution in [0.5, 0.6) is 11.5 Å². The highest BCUT2D eigenvalue weighted by Gasteiger charge is 2.42. The number of hydrogen-bond acceptors (Lipinski definition) is 4. The van der Waals surface area contributed by atoms with E-state index < -0.39 is 5.67 Å². The fourth-order valence-electron chi connectivity index (χ4n) is 5.76. The molecular formula is C25H36FNO3. The molecule has 1 aromatic carbocycles. The largest absolute Gasteiger partial charge is 0.493 e. The number of methoxy groups -OCH3 is 2. The van der Waals surface area contributed by atoms with E-state index >= 15 is 4.39 Å². The maximum atomic E-state index is 15.7. The van der Waals surface area contributed by atoms with Crippen LogP contribution in [0.25, 0.3) is 0 Å². The van der Waals surface area contributed by atoms with Crippen molar-refractivity contribution >= 4 is 5.78 Å². The fraction of sp³-hybridized carbons (Fsp3) is 0.720. The van der Waals surface area contributed by atoms with Gasteiger partial charge in [0.2, 0.25) is 0 Å². The Morgan fingerprint density at radius 1 is 1.03 bits per heavy atom. The van der Waals surface area contributed by atoms with Gasteiger partial charge in [-0.25, -0.2) is 4.39 Å². The third-order valence-corrected chi connectivity index (χ3v) is 7.57. The maximum absolute atomic E-state index is 15.7. The first-order valence-electron chi connectivity index (χ1n) is 11.7. The number of carbonyl (C=O) groups is 1. The van der Waals surface area contributed by atoms with Gasteiger partial charge in [-0.3, -0.25) is 4.79 Å². The lowest BCUT2D eigenvalue weighted by molar-refractivity contribution is 0.0304. The molecule has 30 heavy (non-hydrogen) atoms. The van der Waals surface area contributed by atoms with Crippen LogP contribution in [-0.2, 0) is 6.42 Å². The van der Waals surface area contributed by atoms with Crippen LogP contribution < -0.4 is 9.47 Å². The van der Waals surface area contributed by atoms with E-state index in [1.54, 1.807) is 20.3 Å². The third-order valence-electron chi connectivity index (χ3n) is 7.57. The molecular weight excluding hydrogens is 381 g/mol. The number of Topliss-reactive ketones (excluding diaryl/α,β-unsaturated/α-hetero) is 1. The normalized spacial score (nSPS) is 25.0. The lowest BCUT2D eigenvalue weighted by Crippen LogP contribution is -2.44. The van der Waals surface area contributed by atoms with Crippen LogP contribution in [0.15, 0.2) is 12.1 Å². The van der Waals surface area contributed by atoms with Crippen LogP contribution in [0.2, 0.25) is 0 Å². The third kappa shape index (κ3) is 4.66. The average molecular weight is 418 g/mol. The van der Waals surface area contributed by atoms with E-state index in [2.05, 4.69) is 4.90 Å². The number of benzene rings is 1. The van der Waals surface area contributed by atoms with Crippen molar-refractivity contribution < 1.29 is 18.7 Å². The van der Waals surface area contributed by atoms with Gasteiger partial charge in [0.1, 0.15) is 5.67 Å². The summed E-state index contributed by atoms with van der Waals surface area (Å²) < 4.78 is 26.4. The molecule has 0 radical (unpaired) electrons. The lowest BCUT2D eigenvalue weighted by atomic mass is 9.82. The highest BCUT2D eigenvalue weighted by molar-refractivity contribution is 6.03. The monoisotopic (exact) mass is 417 g/mol. The van der Waals surface area contributed by atoms with Crippen molar-refractivity contribution in [3.63, 3.8) is 0 Å². The molecule has 0 amide bonds. The van der Waals surface area contributed by atoms with Crippen molar-refractivity contribution in [2.24, 2.45) is 11.8 Å². The molecule has 0 spiro atoms. The summed E-state index contributed by atoms with van der Waals surface area (Å²) in [6, 6.07) is 3.64. The molecule has 2 aliphatic carbocycles. The topological polar surface area (TPSA) is 38.8 Å². The van der Waals surface area contributed by atoms with E-state index in [0.29, 0.717) is 42.7 Å². The number of hydrogen-bond donors (Lipinski definition) is 0. The second-order valence-corrected chi connectivity index (χ2v) is 9.64. The quantitative estimate of drug-likeness (QED) is 0.595. The van der Waals surface area contributed by atoms with E-state index in [4.69, 9.17) is 9.47 Å². The number of alkyl halides is 1. The van der Waals surface area contributed by atoms with E-state index in [-0.39, 0.29) is 11.7 Å². The zero-order valence-electron chi connectivity index (χ0n) is 18.6. The molecule has 3 aliphatic rings. The Hall–Kier alpha value is -1.62. The number of carbonyl (C=O) groups excluding carboxylic acids is 1. The Morgan fingerprint density at radius 2 is 1.67 bits per heavy atom. The van der Waals surface area contributed by atoms with Gasteiger partial charge in [-0.05, 0) is 62.1 Å². The van der Waals surface area contributed by atoms with Crippen molar-refractivity contribution in [1.82, 2.24) is 4.90 Å². The van der Waals surface area contributed by atoms with Crippen LogP contribution >= 0.6 is 0 Å². The van der Waals surface area contributed by atoms with E-state index in [1.165, 1.54) is 38.5 Å². The number of piperidine rings is 1. The second kappa shape index (κ2) is 9.25. The van der Waals surface area contributed by atoms with Crippen LogP contribution in [0, 0.1) is 11.8 Å². The summed E-state index contributed by atoms with van der Waals surface area (Å²) in [6.07, 6.45) is 10.2. The Morgan fingerprint density at radius 3 is 2.30 bits per heavy atom. The lowest BCUT2D eigenvalue weighted by Gasteiger charge is -2.38. The minimum absolute atomic E-state index is 0.0591. The molecule has 4 nitrogen and oxygen atoms in total. The van der Waals surface area contributed by atoms with Gasteiger partial charge < -0.3 is 14.4 Å². The van der Waals surface area contributed by atoms with E-state index in [9.17, 15) is 4.79 Å². The maximum Gasteiger partial charge on any atom is 0.166 e. The summed E-state index contributed by atoms with van der Waals surface area (Å²) in [5, 5.41) is 0. The number of ketones is 1. The molecule has 1 unspecified atom stereocenters. The van der Waals surface area contributed by atoms with Gasteiger partial charge in [0, 0.05) is 31.1 Å².